The van der Waals surface area contributed by atoms with Crippen molar-refractivity contribution < 1.29 is 13.9 Å². The van der Waals surface area contributed by atoms with Crippen molar-refractivity contribution in [2.24, 2.45) is 0 Å². The molecule has 1 aliphatic heterocycles. The van der Waals surface area contributed by atoms with Crippen molar-refractivity contribution in [2.45, 2.75) is 19.2 Å². The molecule has 4 rings (SSSR count). The highest BCUT2D eigenvalue weighted by atomic mass is 19.1. The molecule has 1 unspecified atom stereocenters. The zero-order valence-corrected chi connectivity index (χ0v) is 17.2. The van der Waals surface area contributed by atoms with Gasteiger partial charge in [0.15, 0.2) is 0 Å². The zero-order valence-electron chi connectivity index (χ0n) is 17.2. The molecule has 154 valence electrons. The third-order valence-corrected chi connectivity index (χ3v) is 5.24. The third kappa shape index (κ3) is 4.69. The molecule has 0 aromatic heterocycles. The van der Waals surface area contributed by atoms with Gasteiger partial charge < -0.3 is 9.64 Å². The Morgan fingerprint density at radius 3 is 2.03 bits per heavy atom. The Morgan fingerprint density at radius 2 is 1.47 bits per heavy atom. The van der Waals surface area contributed by atoms with Crippen molar-refractivity contribution in [3.63, 3.8) is 0 Å². The number of hydrogen-bond donors (Lipinski definition) is 0. The van der Waals surface area contributed by atoms with E-state index >= 15 is 0 Å². The summed E-state index contributed by atoms with van der Waals surface area (Å²) in [5, 5.41) is 0. The lowest BCUT2D eigenvalue weighted by Gasteiger charge is -2.14. The highest BCUT2D eigenvalue weighted by molar-refractivity contribution is 5.70. The van der Waals surface area contributed by atoms with E-state index in [1.165, 1.54) is 23.3 Å². The minimum absolute atomic E-state index is 0.299. The maximum atomic E-state index is 13.1. The van der Waals surface area contributed by atoms with E-state index < -0.39 is 0 Å². The van der Waals surface area contributed by atoms with E-state index in [1.807, 2.05) is 12.1 Å². The Balaban J connectivity index is 1.40. The molecule has 3 aromatic rings. The average Bonchev–Trinajstić information content (AvgIpc) is 3.09. The number of halogens is 1. The fourth-order valence-corrected chi connectivity index (χ4v) is 3.68. The van der Waals surface area contributed by atoms with Crippen LogP contribution in [0.2, 0.25) is 0 Å². The Kier molecular flexibility index (Phi) is 5.81. The van der Waals surface area contributed by atoms with E-state index in [1.54, 1.807) is 17.0 Å². The number of ether oxygens (including phenoxy) is 1. The number of nitrogens with zero attached hydrogens (tertiary/aromatic N) is 2. The van der Waals surface area contributed by atoms with Gasteiger partial charge in [0.25, 0.3) is 0 Å². The molecule has 1 aliphatic rings. The minimum Gasteiger partial charge on any atom is -0.439 e. The molecule has 0 spiro atoms. The summed E-state index contributed by atoms with van der Waals surface area (Å²) < 4.78 is 18.6. The van der Waals surface area contributed by atoms with E-state index in [2.05, 4.69) is 55.4 Å². The van der Waals surface area contributed by atoms with Gasteiger partial charge in [-0.1, -0.05) is 60.7 Å². The Hall–Kier alpha value is -3.18. The monoisotopic (exact) mass is 404 g/mol. The largest absolute Gasteiger partial charge is 0.439 e. The van der Waals surface area contributed by atoms with Crippen LogP contribution in [0.3, 0.4) is 0 Å². The van der Waals surface area contributed by atoms with Crippen molar-refractivity contribution in [1.82, 2.24) is 9.80 Å². The van der Waals surface area contributed by atoms with Crippen LogP contribution in [0.1, 0.15) is 22.8 Å². The van der Waals surface area contributed by atoms with Gasteiger partial charge in [-0.25, -0.2) is 9.18 Å². The molecule has 0 saturated carbocycles. The summed E-state index contributed by atoms with van der Waals surface area (Å²) in [6.07, 6.45) is -0.706. The average molecular weight is 404 g/mol. The lowest BCUT2D eigenvalue weighted by molar-refractivity contribution is 0.132. The summed E-state index contributed by atoms with van der Waals surface area (Å²) in [7, 11) is 4.12. The van der Waals surface area contributed by atoms with E-state index in [0.29, 0.717) is 13.1 Å². The topological polar surface area (TPSA) is 32.8 Å². The smallest absolute Gasteiger partial charge is 0.410 e. The SMILES string of the molecule is CN(C)Cc1ccc(-c2ccc(CN3CC(c4ccc(F)cc4)OC3=O)cc2)cc1. The number of benzene rings is 3. The van der Waals surface area contributed by atoms with Crippen LogP contribution in [-0.4, -0.2) is 36.5 Å². The molecule has 3 aromatic carbocycles. The van der Waals surface area contributed by atoms with Gasteiger partial charge in [0, 0.05) is 13.1 Å². The Labute approximate surface area is 176 Å². The first kappa shape index (κ1) is 20.1. The molecule has 1 saturated heterocycles. The first-order valence-corrected chi connectivity index (χ1v) is 10.0. The van der Waals surface area contributed by atoms with Crippen molar-refractivity contribution >= 4 is 6.09 Å². The molecule has 0 aliphatic carbocycles. The van der Waals surface area contributed by atoms with Crippen LogP contribution in [-0.2, 0) is 17.8 Å². The first-order chi connectivity index (χ1) is 14.5. The van der Waals surface area contributed by atoms with Crippen molar-refractivity contribution in [3.8, 4) is 11.1 Å². The van der Waals surface area contributed by atoms with Crippen molar-refractivity contribution in [3.05, 3.63) is 95.3 Å². The molecule has 0 radical (unpaired) electrons. The molecule has 1 atom stereocenters. The first-order valence-electron chi connectivity index (χ1n) is 10.0. The molecule has 0 N–H and O–H groups in total. The predicted octanol–water partition coefficient (Wildman–Crippen LogP) is 5.25. The fourth-order valence-electron chi connectivity index (χ4n) is 3.68. The molecule has 1 fully saturated rings. The van der Waals surface area contributed by atoms with Crippen LogP contribution < -0.4 is 0 Å². The number of rotatable bonds is 6. The third-order valence-electron chi connectivity index (χ3n) is 5.24. The Bertz CT molecular complexity index is 999. The molecule has 30 heavy (non-hydrogen) atoms. The van der Waals surface area contributed by atoms with E-state index in [4.69, 9.17) is 4.74 Å². The maximum Gasteiger partial charge on any atom is 0.410 e. The van der Waals surface area contributed by atoms with Gasteiger partial charge in [-0.15, -0.1) is 0 Å². The standard InChI is InChI=1S/C25H25FN2O2/c1-27(2)15-18-3-7-20(8-4-18)21-9-5-19(6-10-21)16-28-17-24(30-25(28)29)22-11-13-23(26)14-12-22/h3-14,24H,15-17H2,1-2H3. The van der Waals surface area contributed by atoms with Crippen LogP contribution in [0.25, 0.3) is 11.1 Å². The lowest BCUT2D eigenvalue weighted by atomic mass is 10.0. The van der Waals surface area contributed by atoms with Gasteiger partial charge in [-0.05, 0) is 54.0 Å². The summed E-state index contributed by atoms with van der Waals surface area (Å²) in [6.45, 7) is 1.86. The summed E-state index contributed by atoms with van der Waals surface area (Å²) in [6, 6.07) is 22.9. The summed E-state index contributed by atoms with van der Waals surface area (Å²) in [4.78, 5) is 16.1. The minimum atomic E-state index is -0.363. The molecule has 1 amide bonds. The number of cyclic esters (lactones) is 1. The molecular formula is C25H25FN2O2. The molecule has 0 bridgehead atoms. The predicted molar refractivity (Wildman–Crippen MR) is 115 cm³/mol. The van der Waals surface area contributed by atoms with Gasteiger partial charge in [-0.2, -0.15) is 0 Å². The van der Waals surface area contributed by atoms with E-state index in [-0.39, 0.29) is 18.0 Å². The zero-order chi connectivity index (χ0) is 21.1. The van der Waals surface area contributed by atoms with Crippen LogP contribution in [0.15, 0.2) is 72.8 Å². The van der Waals surface area contributed by atoms with Gasteiger partial charge in [0.2, 0.25) is 0 Å². The molecule has 4 nitrogen and oxygen atoms in total. The second kappa shape index (κ2) is 8.67. The highest BCUT2D eigenvalue weighted by Crippen LogP contribution is 2.28. The number of carbonyl (C=O) groups is 1. The van der Waals surface area contributed by atoms with E-state index in [9.17, 15) is 9.18 Å². The number of amides is 1. The van der Waals surface area contributed by atoms with Crippen LogP contribution in [0, 0.1) is 5.82 Å². The van der Waals surface area contributed by atoms with Crippen LogP contribution in [0.4, 0.5) is 9.18 Å². The molecule has 1 heterocycles. The van der Waals surface area contributed by atoms with E-state index in [0.717, 1.165) is 23.2 Å². The summed E-state index contributed by atoms with van der Waals surface area (Å²) in [5.74, 6) is -0.299. The van der Waals surface area contributed by atoms with Gasteiger partial charge in [-0.3, -0.25) is 4.90 Å². The summed E-state index contributed by atoms with van der Waals surface area (Å²) >= 11 is 0. The highest BCUT2D eigenvalue weighted by Gasteiger charge is 2.32. The quantitative estimate of drug-likeness (QED) is 0.563. The lowest BCUT2D eigenvalue weighted by Crippen LogP contribution is -2.23. The normalized spacial score (nSPS) is 16.2. The number of hydrogen-bond acceptors (Lipinski definition) is 3. The van der Waals surface area contributed by atoms with Gasteiger partial charge in [0.1, 0.15) is 11.9 Å². The fraction of sp³-hybridized carbons (Fsp3) is 0.240. The van der Waals surface area contributed by atoms with Crippen LogP contribution >= 0.6 is 0 Å². The van der Waals surface area contributed by atoms with Crippen molar-refractivity contribution in [2.75, 3.05) is 20.6 Å². The summed E-state index contributed by atoms with van der Waals surface area (Å²) in [5.41, 5.74) is 5.44. The Morgan fingerprint density at radius 1 is 0.900 bits per heavy atom. The second-order valence-electron chi connectivity index (χ2n) is 7.94. The van der Waals surface area contributed by atoms with Crippen LogP contribution in [0.5, 0.6) is 0 Å². The maximum absolute atomic E-state index is 13.1. The molecule has 5 heteroatoms. The second-order valence-corrected chi connectivity index (χ2v) is 7.94. The van der Waals surface area contributed by atoms with Crippen molar-refractivity contribution in [1.29, 1.82) is 0 Å². The van der Waals surface area contributed by atoms with Gasteiger partial charge >= 0.3 is 6.09 Å². The molecular weight excluding hydrogens is 379 g/mol. The van der Waals surface area contributed by atoms with Gasteiger partial charge in [0.05, 0.1) is 6.54 Å². The number of carbonyl (C=O) groups excluding carboxylic acids is 1.